The predicted octanol–water partition coefficient (Wildman–Crippen LogP) is 2.87. The standard InChI is InChI=1S/C20H27FN2O2/c21-18-4-2-1-3-16(18)14-23-10-8-20(9-11-23)13-17(7-12-25-20)22-19(24)15-5-6-15/h1-4,15,17H,5-14H2,(H,22,24)/t17-/m1/s1. The molecule has 4 rings (SSSR count). The molecule has 3 fully saturated rings. The molecule has 0 unspecified atom stereocenters. The minimum Gasteiger partial charge on any atom is -0.375 e. The Morgan fingerprint density at radius 2 is 2.00 bits per heavy atom. The molecule has 1 amide bonds. The summed E-state index contributed by atoms with van der Waals surface area (Å²) in [6.45, 7) is 3.21. The Kier molecular flexibility index (Phi) is 4.78. The number of ether oxygens (including phenoxy) is 1. The summed E-state index contributed by atoms with van der Waals surface area (Å²) in [7, 11) is 0. The minimum absolute atomic E-state index is 0.106. The van der Waals surface area contributed by atoms with Gasteiger partial charge in [0.05, 0.1) is 5.60 Å². The van der Waals surface area contributed by atoms with Gasteiger partial charge in [-0.2, -0.15) is 0 Å². The van der Waals surface area contributed by atoms with Crippen LogP contribution in [0.2, 0.25) is 0 Å². The van der Waals surface area contributed by atoms with Crippen LogP contribution in [-0.2, 0) is 16.1 Å². The van der Waals surface area contributed by atoms with E-state index >= 15 is 0 Å². The second-order valence-electron chi connectivity index (χ2n) is 7.87. The third kappa shape index (κ3) is 4.04. The van der Waals surface area contributed by atoms with Gasteiger partial charge in [-0.15, -0.1) is 0 Å². The van der Waals surface area contributed by atoms with Gasteiger partial charge in [-0.05, 0) is 44.6 Å². The molecule has 4 nitrogen and oxygen atoms in total. The van der Waals surface area contributed by atoms with Crippen LogP contribution >= 0.6 is 0 Å². The van der Waals surface area contributed by atoms with E-state index in [-0.39, 0.29) is 29.3 Å². The lowest BCUT2D eigenvalue weighted by molar-refractivity contribution is -0.132. The Labute approximate surface area is 148 Å². The van der Waals surface area contributed by atoms with Crippen LogP contribution in [0.4, 0.5) is 4.39 Å². The van der Waals surface area contributed by atoms with Crippen molar-refractivity contribution in [2.45, 2.75) is 56.7 Å². The summed E-state index contributed by atoms with van der Waals surface area (Å²) < 4.78 is 20.0. The first-order valence-electron chi connectivity index (χ1n) is 9.54. The molecule has 0 aromatic heterocycles. The van der Waals surface area contributed by atoms with Gasteiger partial charge in [0.1, 0.15) is 5.82 Å². The number of likely N-dealkylation sites (tertiary alicyclic amines) is 1. The van der Waals surface area contributed by atoms with Gasteiger partial charge in [-0.1, -0.05) is 18.2 Å². The topological polar surface area (TPSA) is 41.6 Å². The second kappa shape index (κ2) is 7.04. The number of halogens is 1. The molecule has 0 radical (unpaired) electrons. The smallest absolute Gasteiger partial charge is 0.223 e. The second-order valence-corrected chi connectivity index (χ2v) is 7.87. The lowest BCUT2D eigenvalue weighted by atomic mass is 9.82. The number of hydrogen-bond acceptors (Lipinski definition) is 3. The highest BCUT2D eigenvalue weighted by Gasteiger charge is 2.41. The number of rotatable bonds is 4. The summed E-state index contributed by atoms with van der Waals surface area (Å²) in [6.07, 6.45) is 5.84. The lowest BCUT2D eigenvalue weighted by Crippen LogP contribution is -2.53. The van der Waals surface area contributed by atoms with E-state index in [0.717, 1.165) is 63.8 Å². The number of nitrogens with zero attached hydrogens (tertiary/aromatic N) is 1. The summed E-state index contributed by atoms with van der Waals surface area (Å²) in [5.41, 5.74) is 0.656. The fourth-order valence-corrected chi connectivity index (χ4v) is 4.15. The van der Waals surface area contributed by atoms with Crippen molar-refractivity contribution in [2.75, 3.05) is 19.7 Å². The molecule has 2 heterocycles. The van der Waals surface area contributed by atoms with Crippen LogP contribution in [0.5, 0.6) is 0 Å². The maximum absolute atomic E-state index is 13.8. The van der Waals surface area contributed by atoms with Gasteiger partial charge in [0.15, 0.2) is 0 Å². The van der Waals surface area contributed by atoms with Crippen molar-refractivity contribution in [3.63, 3.8) is 0 Å². The Hall–Kier alpha value is -1.46. The fourth-order valence-electron chi connectivity index (χ4n) is 4.15. The van der Waals surface area contributed by atoms with E-state index in [1.807, 2.05) is 12.1 Å². The zero-order valence-corrected chi connectivity index (χ0v) is 14.7. The van der Waals surface area contributed by atoms with Gasteiger partial charge in [-0.25, -0.2) is 4.39 Å². The van der Waals surface area contributed by atoms with Gasteiger partial charge in [0.25, 0.3) is 0 Å². The predicted molar refractivity (Wildman–Crippen MR) is 93.5 cm³/mol. The first-order valence-corrected chi connectivity index (χ1v) is 9.54. The first kappa shape index (κ1) is 17.0. The molecular weight excluding hydrogens is 319 g/mol. The van der Waals surface area contributed by atoms with Gasteiger partial charge >= 0.3 is 0 Å². The van der Waals surface area contributed by atoms with Crippen molar-refractivity contribution in [3.8, 4) is 0 Å². The number of carbonyl (C=O) groups excluding carboxylic acids is 1. The highest BCUT2D eigenvalue weighted by molar-refractivity contribution is 5.81. The van der Waals surface area contributed by atoms with Crippen LogP contribution in [0, 0.1) is 11.7 Å². The summed E-state index contributed by atoms with van der Waals surface area (Å²) in [5.74, 6) is 0.375. The van der Waals surface area contributed by atoms with E-state index in [1.165, 1.54) is 6.07 Å². The molecular formula is C20H27FN2O2. The first-order chi connectivity index (χ1) is 12.1. The zero-order chi connectivity index (χ0) is 17.3. The molecule has 1 aliphatic carbocycles. The van der Waals surface area contributed by atoms with Gasteiger partial charge < -0.3 is 10.1 Å². The molecule has 1 atom stereocenters. The molecule has 25 heavy (non-hydrogen) atoms. The number of piperidine rings is 1. The minimum atomic E-state index is -0.125. The number of nitrogens with one attached hydrogen (secondary N) is 1. The average Bonchev–Trinajstić information content (AvgIpc) is 3.44. The van der Waals surface area contributed by atoms with Crippen molar-refractivity contribution >= 4 is 5.91 Å². The van der Waals surface area contributed by atoms with Crippen LogP contribution in [0.25, 0.3) is 0 Å². The maximum Gasteiger partial charge on any atom is 0.223 e. The highest BCUT2D eigenvalue weighted by Crippen LogP contribution is 2.36. The Balaban J connectivity index is 1.30. The Bertz CT molecular complexity index is 624. The van der Waals surface area contributed by atoms with E-state index in [1.54, 1.807) is 6.07 Å². The molecule has 1 aromatic carbocycles. The van der Waals surface area contributed by atoms with Crippen molar-refractivity contribution in [3.05, 3.63) is 35.6 Å². The number of hydrogen-bond donors (Lipinski definition) is 1. The molecule has 1 N–H and O–H groups in total. The number of carbonyl (C=O) groups is 1. The van der Waals surface area contributed by atoms with Crippen molar-refractivity contribution in [1.29, 1.82) is 0 Å². The van der Waals surface area contributed by atoms with E-state index in [9.17, 15) is 9.18 Å². The fraction of sp³-hybridized carbons (Fsp3) is 0.650. The van der Waals surface area contributed by atoms with Gasteiger partial charge in [0.2, 0.25) is 5.91 Å². The Morgan fingerprint density at radius 3 is 2.72 bits per heavy atom. The van der Waals surface area contributed by atoms with Gasteiger partial charge in [0, 0.05) is 43.8 Å². The molecule has 2 saturated heterocycles. The third-order valence-electron chi connectivity index (χ3n) is 5.91. The monoisotopic (exact) mass is 346 g/mol. The van der Waals surface area contributed by atoms with Crippen LogP contribution in [0.15, 0.2) is 24.3 Å². The molecule has 1 spiro atoms. The number of benzene rings is 1. The summed E-state index contributed by atoms with van der Waals surface area (Å²) >= 11 is 0. The summed E-state index contributed by atoms with van der Waals surface area (Å²) in [5, 5.41) is 3.23. The Morgan fingerprint density at radius 1 is 1.24 bits per heavy atom. The van der Waals surface area contributed by atoms with Crippen LogP contribution in [-0.4, -0.2) is 42.1 Å². The molecule has 2 aliphatic heterocycles. The number of amides is 1. The van der Waals surface area contributed by atoms with Gasteiger partial charge in [-0.3, -0.25) is 9.69 Å². The average molecular weight is 346 g/mol. The van der Waals surface area contributed by atoms with Crippen LogP contribution in [0.1, 0.15) is 44.1 Å². The van der Waals surface area contributed by atoms with Crippen molar-refractivity contribution in [2.24, 2.45) is 5.92 Å². The zero-order valence-electron chi connectivity index (χ0n) is 14.7. The molecule has 0 bridgehead atoms. The molecule has 1 aromatic rings. The molecule has 1 saturated carbocycles. The summed E-state index contributed by atoms with van der Waals surface area (Å²) in [6, 6.07) is 7.26. The van der Waals surface area contributed by atoms with E-state index in [0.29, 0.717) is 6.54 Å². The van der Waals surface area contributed by atoms with E-state index < -0.39 is 0 Å². The highest BCUT2D eigenvalue weighted by atomic mass is 19.1. The third-order valence-corrected chi connectivity index (χ3v) is 5.91. The normalized spacial score (nSPS) is 26.5. The SMILES string of the molecule is O=C(N[C@@H]1CCOC2(CCN(Cc3ccccc3F)CC2)C1)C1CC1. The lowest BCUT2D eigenvalue weighted by Gasteiger charge is -2.46. The molecule has 5 heteroatoms. The van der Waals surface area contributed by atoms with Crippen molar-refractivity contribution < 1.29 is 13.9 Å². The largest absolute Gasteiger partial charge is 0.375 e. The molecule has 136 valence electrons. The summed E-state index contributed by atoms with van der Waals surface area (Å²) in [4.78, 5) is 14.3. The van der Waals surface area contributed by atoms with Crippen LogP contribution in [0.3, 0.4) is 0 Å². The quantitative estimate of drug-likeness (QED) is 0.911. The molecule has 3 aliphatic rings. The van der Waals surface area contributed by atoms with E-state index in [4.69, 9.17) is 4.74 Å². The van der Waals surface area contributed by atoms with Crippen molar-refractivity contribution in [1.82, 2.24) is 10.2 Å². The van der Waals surface area contributed by atoms with Crippen LogP contribution < -0.4 is 5.32 Å². The maximum atomic E-state index is 13.8. The van der Waals surface area contributed by atoms with E-state index in [2.05, 4.69) is 10.2 Å².